The van der Waals surface area contributed by atoms with E-state index in [0.717, 1.165) is 29.8 Å². The first-order chi connectivity index (χ1) is 8.15. The predicted octanol–water partition coefficient (Wildman–Crippen LogP) is 2.37. The van der Waals surface area contributed by atoms with E-state index in [1.54, 1.807) is 0 Å². The molecular weight excluding hydrogens is 278 g/mol. The van der Waals surface area contributed by atoms with Crippen LogP contribution in [0.15, 0.2) is 22.8 Å². The Balaban J connectivity index is 1.84. The largest absolute Gasteiger partial charge is 0.298 e. The third-order valence-electron chi connectivity index (χ3n) is 3.31. The number of hydrogen-bond acceptors (Lipinski definition) is 3. The number of pyridine rings is 1. The Morgan fingerprint density at radius 3 is 2.47 bits per heavy atom. The van der Waals surface area contributed by atoms with Crippen LogP contribution in [0.4, 0.5) is 0 Å². The SMILES string of the molecule is CC(C)N1CCN(Cc2ccc(Br)cn2)CC1. The highest BCUT2D eigenvalue weighted by molar-refractivity contribution is 9.10. The fourth-order valence-electron chi connectivity index (χ4n) is 2.17. The number of hydrogen-bond donors (Lipinski definition) is 0. The Kier molecular flexibility index (Phi) is 4.54. The minimum atomic E-state index is 0.669. The van der Waals surface area contributed by atoms with Crippen molar-refractivity contribution in [2.75, 3.05) is 26.2 Å². The molecule has 1 aliphatic rings. The lowest BCUT2D eigenvalue weighted by Gasteiger charge is -2.36. The van der Waals surface area contributed by atoms with Gasteiger partial charge in [-0.25, -0.2) is 0 Å². The summed E-state index contributed by atoms with van der Waals surface area (Å²) in [6, 6.07) is 4.83. The number of rotatable bonds is 3. The van der Waals surface area contributed by atoms with E-state index in [1.165, 1.54) is 13.1 Å². The summed E-state index contributed by atoms with van der Waals surface area (Å²) in [6.07, 6.45) is 1.87. The van der Waals surface area contributed by atoms with Gasteiger partial charge in [0.2, 0.25) is 0 Å². The molecule has 0 atom stereocenters. The molecule has 2 rings (SSSR count). The van der Waals surface area contributed by atoms with E-state index in [1.807, 2.05) is 6.20 Å². The minimum absolute atomic E-state index is 0.669. The zero-order valence-electron chi connectivity index (χ0n) is 10.6. The van der Waals surface area contributed by atoms with E-state index in [9.17, 15) is 0 Å². The quantitative estimate of drug-likeness (QED) is 0.854. The van der Waals surface area contributed by atoms with Gasteiger partial charge < -0.3 is 0 Å². The van der Waals surface area contributed by atoms with Gasteiger partial charge in [-0.1, -0.05) is 0 Å². The molecule has 1 aromatic heterocycles. The molecule has 0 aliphatic carbocycles. The average Bonchev–Trinajstić information content (AvgIpc) is 2.33. The van der Waals surface area contributed by atoms with Crippen LogP contribution in [0.2, 0.25) is 0 Å². The highest BCUT2D eigenvalue weighted by Gasteiger charge is 2.18. The van der Waals surface area contributed by atoms with Crippen molar-refractivity contribution in [2.45, 2.75) is 26.4 Å². The van der Waals surface area contributed by atoms with Gasteiger partial charge in [0, 0.05) is 49.4 Å². The molecule has 0 bridgehead atoms. The van der Waals surface area contributed by atoms with Crippen molar-refractivity contribution in [1.29, 1.82) is 0 Å². The molecule has 0 spiro atoms. The fourth-order valence-corrected chi connectivity index (χ4v) is 2.40. The summed E-state index contributed by atoms with van der Waals surface area (Å²) >= 11 is 3.41. The van der Waals surface area contributed by atoms with Crippen molar-refractivity contribution >= 4 is 15.9 Å². The molecule has 0 saturated carbocycles. The summed E-state index contributed by atoms with van der Waals surface area (Å²) < 4.78 is 1.05. The first-order valence-corrected chi connectivity index (χ1v) is 7.01. The molecule has 1 aromatic rings. The molecule has 1 aliphatic heterocycles. The van der Waals surface area contributed by atoms with Crippen molar-refractivity contribution in [3.05, 3.63) is 28.5 Å². The van der Waals surface area contributed by atoms with Crippen molar-refractivity contribution in [3.8, 4) is 0 Å². The van der Waals surface area contributed by atoms with E-state index in [-0.39, 0.29) is 0 Å². The van der Waals surface area contributed by atoms with Gasteiger partial charge in [-0.15, -0.1) is 0 Å². The monoisotopic (exact) mass is 297 g/mol. The Labute approximate surface area is 112 Å². The van der Waals surface area contributed by atoms with Gasteiger partial charge in [0.05, 0.1) is 5.69 Å². The second-order valence-electron chi connectivity index (χ2n) is 4.87. The average molecular weight is 298 g/mol. The van der Waals surface area contributed by atoms with E-state index in [0.29, 0.717) is 6.04 Å². The Morgan fingerprint density at radius 2 is 1.94 bits per heavy atom. The number of halogens is 1. The van der Waals surface area contributed by atoms with Gasteiger partial charge in [0.15, 0.2) is 0 Å². The number of nitrogens with zero attached hydrogens (tertiary/aromatic N) is 3. The van der Waals surface area contributed by atoms with Crippen LogP contribution in [0.3, 0.4) is 0 Å². The van der Waals surface area contributed by atoms with E-state index in [4.69, 9.17) is 0 Å². The second kappa shape index (κ2) is 5.94. The zero-order valence-corrected chi connectivity index (χ0v) is 12.2. The lowest BCUT2D eigenvalue weighted by atomic mass is 10.2. The second-order valence-corrected chi connectivity index (χ2v) is 5.79. The molecule has 0 N–H and O–H groups in total. The van der Waals surface area contributed by atoms with Crippen LogP contribution in [0.25, 0.3) is 0 Å². The molecule has 0 aromatic carbocycles. The van der Waals surface area contributed by atoms with E-state index in [2.05, 4.69) is 56.7 Å². The molecular formula is C13H20BrN3. The van der Waals surface area contributed by atoms with Crippen LogP contribution in [-0.4, -0.2) is 47.0 Å². The molecule has 4 heteroatoms. The van der Waals surface area contributed by atoms with Crippen molar-refractivity contribution in [1.82, 2.24) is 14.8 Å². The van der Waals surface area contributed by atoms with Gasteiger partial charge in [-0.05, 0) is 41.9 Å². The van der Waals surface area contributed by atoms with Crippen molar-refractivity contribution < 1.29 is 0 Å². The summed E-state index contributed by atoms with van der Waals surface area (Å²) in [5, 5.41) is 0. The standard InChI is InChI=1S/C13H20BrN3/c1-11(2)17-7-5-16(6-8-17)10-13-4-3-12(14)9-15-13/h3-4,9,11H,5-8,10H2,1-2H3. The van der Waals surface area contributed by atoms with Gasteiger partial charge in [-0.2, -0.15) is 0 Å². The lowest BCUT2D eigenvalue weighted by molar-refractivity contribution is 0.103. The van der Waals surface area contributed by atoms with Crippen molar-refractivity contribution in [3.63, 3.8) is 0 Å². The topological polar surface area (TPSA) is 19.4 Å². The Bertz CT molecular complexity index is 342. The van der Waals surface area contributed by atoms with Crippen LogP contribution >= 0.6 is 15.9 Å². The van der Waals surface area contributed by atoms with E-state index < -0.39 is 0 Å². The summed E-state index contributed by atoms with van der Waals surface area (Å²) in [6.45, 7) is 10.2. The number of piperazine rings is 1. The van der Waals surface area contributed by atoms with Crippen LogP contribution in [0, 0.1) is 0 Å². The van der Waals surface area contributed by atoms with Gasteiger partial charge >= 0.3 is 0 Å². The maximum absolute atomic E-state index is 4.42. The van der Waals surface area contributed by atoms with Crippen molar-refractivity contribution in [2.24, 2.45) is 0 Å². The molecule has 0 unspecified atom stereocenters. The third-order valence-corrected chi connectivity index (χ3v) is 3.78. The highest BCUT2D eigenvalue weighted by Crippen LogP contribution is 2.11. The first kappa shape index (κ1) is 13.0. The fraction of sp³-hybridized carbons (Fsp3) is 0.615. The van der Waals surface area contributed by atoms with Crippen LogP contribution in [0.5, 0.6) is 0 Å². The lowest BCUT2D eigenvalue weighted by Crippen LogP contribution is -2.48. The maximum atomic E-state index is 4.42. The van der Waals surface area contributed by atoms with E-state index >= 15 is 0 Å². The normalized spacial score (nSPS) is 18.8. The Morgan fingerprint density at radius 1 is 1.24 bits per heavy atom. The summed E-state index contributed by atoms with van der Waals surface area (Å²) in [4.78, 5) is 9.44. The summed E-state index contributed by atoms with van der Waals surface area (Å²) in [5.74, 6) is 0. The molecule has 0 amide bonds. The first-order valence-electron chi connectivity index (χ1n) is 6.22. The van der Waals surface area contributed by atoms with Gasteiger partial charge in [0.1, 0.15) is 0 Å². The molecule has 17 heavy (non-hydrogen) atoms. The molecule has 0 radical (unpaired) electrons. The maximum Gasteiger partial charge on any atom is 0.0544 e. The third kappa shape index (κ3) is 3.76. The zero-order chi connectivity index (χ0) is 12.3. The minimum Gasteiger partial charge on any atom is -0.298 e. The van der Waals surface area contributed by atoms with Gasteiger partial charge in [-0.3, -0.25) is 14.8 Å². The molecule has 1 fully saturated rings. The summed E-state index contributed by atoms with van der Waals surface area (Å²) in [5.41, 5.74) is 1.16. The molecule has 1 saturated heterocycles. The Hall–Kier alpha value is -0.450. The summed E-state index contributed by atoms with van der Waals surface area (Å²) in [7, 11) is 0. The molecule has 2 heterocycles. The number of aromatic nitrogens is 1. The van der Waals surface area contributed by atoms with Crippen LogP contribution in [-0.2, 0) is 6.54 Å². The molecule has 94 valence electrons. The smallest absolute Gasteiger partial charge is 0.0544 e. The molecule has 3 nitrogen and oxygen atoms in total. The predicted molar refractivity (Wildman–Crippen MR) is 73.9 cm³/mol. The van der Waals surface area contributed by atoms with Crippen LogP contribution < -0.4 is 0 Å². The van der Waals surface area contributed by atoms with Crippen LogP contribution in [0.1, 0.15) is 19.5 Å². The highest BCUT2D eigenvalue weighted by atomic mass is 79.9. The van der Waals surface area contributed by atoms with Gasteiger partial charge in [0.25, 0.3) is 0 Å².